The molecule has 0 saturated carbocycles. The van der Waals surface area contributed by atoms with Crippen LogP contribution in [-0.4, -0.2) is 50.8 Å². The van der Waals surface area contributed by atoms with Crippen LogP contribution in [0.5, 0.6) is 0 Å². The maximum Gasteiger partial charge on any atom is 0.0590 e. The fourth-order valence-corrected chi connectivity index (χ4v) is 2.44. The number of rotatable bonds is 12. The zero-order valence-electron chi connectivity index (χ0n) is 12.3. The van der Waals surface area contributed by atoms with E-state index in [1.807, 2.05) is 0 Å². The highest BCUT2D eigenvalue weighted by atomic mass is 16.5. The molecule has 1 rings (SSSR count). The molecule has 0 aromatic heterocycles. The van der Waals surface area contributed by atoms with Crippen LogP contribution in [0, 0.1) is 0 Å². The number of nitrogens with one attached hydrogen (secondary N) is 1. The van der Waals surface area contributed by atoms with E-state index in [0.29, 0.717) is 0 Å². The predicted molar refractivity (Wildman–Crippen MR) is 78.1 cm³/mol. The van der Waals surface area contributed by atoms with E-state index in [9.17, 15) is 0 Å². The van der Waals surface area contributed by atoms with Gasteiger partial charge in [-0.1, -0.05) is 26.2 Å². The molecule has 0 unspecified atom stereocenters. The van der Waals surface area contributed by atoms with Crippen molar-refractivity contribution in [2.24, 2.45) is 0 Å². The lowest BCUT2D eigenvalue weighted by atomic mass is 10.2. The Bertz CT molecular complexity index is 170. The van der Waals surface area contributed by atoms with E-state index >= 15 is 0 Å². The summed E-state index contributed by atoms with van der Waals surface area (Å²) in [6.07, 6.45) is 9.27. The van der Waals surface area contributed by atoms with Gasteiger partial charge in [-0.15, -0.1) is 0 Å². The third kappa shape index (κ3) is 8.90. The Morgan fingerprint density at radius 2 is 1.78 bits per heavy atom. The molecule has 1 saturated heterocycles. The van der Waals surface area contributed by atoms with Crippen molar-refractivity contribution in [2.75, 3.05) is 45.9 Å². The van der Waals surface area contributed by atoms with Crippen molar-refractivity contribution < 1.29 is 4.74 Å². The smallest absolute Gasteiger partial charge is 0.0590 e. The van der Waals surface area contributed by atoms with E-state index in [-0.39, 0.29) is 0 Å². The normalized spacial score (nSPS) is 16.5. The lowest BCUT2D eigenvalue weighted by molar-refractivity contribution is 0.131. The molecule has 18 heavy (non-hydrogen) atoms. The first kappa shape index (κ1) is 15.9. The van der Waals surface area contributed by atoms with E-state index in [1.54, 1.807) is 0 Å². The van der Waals surface area contributed by atoms with Crippen LogP contribution in [0.1, 0.15) is 51.9 Å². The summed E-state index contributed by atoms with van der Waals surface area (Å²) >= 11 is 0. The lowest BCUT2D eigenvalue weighted by Gasteiger charge is -2.14. The van der Waals surface area contributed by atoms with E-state index in [2.05, 4.69) is 17.1 Å². The average molecular weight is 256 g/mol. The van der Waals surface area contributed by atoms with Crippen LogP contribution in [-0.2, 0) is 4.74 Å². The zero-order valence-corrected chi connectivity index (χ0v) is 12.3. The Morgan fingerprint density at radius 3 is 2.56 bits per heavy atom. The first-order chi connectivity index (χ1) is 8.93. The summed E-state index contributed by atoms with van der Waals surface area (Å²) in [6.45, 7) is 10.1. The monoisotopic (exact) mass is 256 g/mol. The number of unbranched alkanes of at least 4 members (excludes halogenated alkanes) is 3. The highest BCUT2D eigenvalue weighted by molar-refractivity contribution is 4.66. The number of ether oxygens (including phenoxy) is 1. The van der Waals surface area contributed by atoms with Crippen molar-refractivity contribution in [3.8, 4) is 0 Å². The van der Waals surface area contributed by atoms with Gasteiger partial charge in [0, 0.05) is 13.2 Å². The highest BCUT2D eigenvalue weighted by Crippen LogP contribution is 2.06. The molecule has 1 fully saturated rings. The molecule has 108 valence electrons. The summed E-state index contributed by atoms with van der Waals surface area (Å²) in [5, 5.41) is 3.46. The van der Waals surface area contributed by atoms with Crippen LogP contribution < -0.4 is 5.32 Å². The summed E-state index contributed by atoms with van der Waals surface area (Å²) in [6, 6.07) is 0. The molecular weight excluding hydrogens is 224 g/mol. The summed E-state index contributed by atoms with van der Waals surface area (Å²) in [7, 11) is 0. The number of nitrogens with zero attached hydrogens (tertiary/aromatic N) is 1. The van der Waals surface area contributed by atoms with Crippen LogP contribution in [0.25, 0.3) is 0 Å². The summed E-state index contributed by atoms with van der Waals surface area (Å²) in [4.78, 5) is 2.58. The second-order valence-electron chi connectivity index (χ2n) is 5.33. The molecule has 1 N–H and O–H groups in total. The van der Waals surface area contributed by atoms with Crippen molar-refractivity contribution in [1.29, 1.82) is 0 Å². The van der Waals surface area contributed by atoms with Crippen molar-refractivity contribution in [3.05, 3.63) is 0 Å². The highest BCUT2D eigenvalue weighted by Gasteiger charge is 2.09. The lowest BCUT2D eigenvalue weighted by Crippen LogP contribution is -2.26. The third-order valence-electron chi connectivity index (χ3n) is 3.59. The molecule has 3 heteroatoms. The van der Waals surface area contributed by atoms with E-state index in [0.717, 1.165) is 26.3 Å². The van der Waals surface area contributed by atoms with Crippen LogP contribution in [0.15, 0.2) is 0 Å². The largest absolute Gasteiger partial charge is 0.380 e. The van der Waals surface area contributed by atoms with Gasteiger partial charge in [0.2, 0.25) is 0 Å². The van der Waals surface area contributed by atoms with Gasteiger partial charge in [0.05, 0.1) is 6.61 Å². The third-order valence-corrected chi connectivity index (χ3v) is 3.59. The number of likely N-dealkylation sites (tertiary alicyclic amines) is 1. The van der Waals surface area contributed by atoms with Gasteiger partial charge in [0.15, 0.2) is 0 Å². The van der Waals surface area contributed by atoms with Crippen LogP contribution >= 0.6 is 0 Å². The second-order valence-corrected chi connectivity index (χ2v) is 5.33. The van der Waals surface area contributed by atoms with Gasteiger partial charge in [-0.05, 0) is 51.9 Å². The number of hydrogen-bond donors (Lipinski definition) is 1. The van der Waals surface area contributed by atoms with Gasteiger partial charge >= 0.3 is 0 Å². The first-order valence-electron chi connectivity index (χ1n) is 7.94. The molecule has 0 aromatic carbocycles. The van der Waals surface area contributed by atoms with Gasteiger partial charge in [0.1, 0.15) is 0 Å². The Kier molecular flexibility index (Phi) is 10.6. The fraction of sp³-hybridized carbons (Fsp3) is 1.00. The maximum atomic E-state index is 5.59. The summed E-state index contributed by atoms with van der Waals surface area (Å²) < 4.78 is 5.59. The maximum absolute atomic E-state index is 5.59. The van der Waals surface area contributed by atoms with E-state index in [4.69, 9.17) is 4.74 Å². The average Bonchev–Trinajstić information content (AvgIpc) is 2.89. The molecule has 3 nitrogen and oxygen atoms in total. The molecular formula is C15H32N2O. The standard InChI is InChI=1S/C15H32N2O/c1-2-3-4-7-14-18-15-10-16-9-8-13-17-11-5-6-12-17/h16H,2-15H2,1H3. The topological polar surface area (TPSA) is 24.5 Å². The number of hydrogen-bond acceptors (Lipinski definition) is 3. The van der Waals surface area contributed by atoms with Crippen molar-refractivity contribution >= 4 is 0 Å². The predicted octanol–water partition coefficient (Wildman–Crippen LogP) is 2.66. The van der Waals surface area contributed by atoms with Crippen LogP contribution in [0.3, 0.4) is 0 Å². The summed E-state index contributed by atoms with van der Waals surface area (Å²) in [5.41, 5.74) is 0. The van der Waals surface area contributed by atoms with Crippen LogP contribution in [0.4, 0.5) is 0 Å². The first-order valence-corrected chi connectivity index (χ1v) is 7.94. The molecule has 0 bridgehead atoms. The summed E-state index contributed by atoms with van der Waals surface area (Å²) in [5.74, 6) is 0. The minimum absolute atomic E-state index is 0.871. The molecule has 1 aliphatic rings. The molecule has 0 spiro atoms. The van der Waals surface area contributed by atoms with Gasteiger partial charge in [-0.3, -0.25) is 0 Å². The Balaban J connectivity index is 1.68. The van der Waals surface area contributed by atoms with E-state index in [1.165, 1.54) is 64.6 Å². The van der Waals surface area contributed by atoms with Gasteiger partial charge < -0.3 is 15.0 Å². The van der Waals surface area contributed by atoms with Crippen molar-refractivity contribution in [2.45, 2.75) is 51.9 Å². The molecule has 1 aliphatic heterocycles. The molecule has 0 atom stereocenters. The van der Waals surface area contributed by atoms with Crippen LogP contribution in [0.2, 0.25) is 0 Å². The Labute approximate surface area is 113 Å². The van der Waals surface area contributed by atoms with Gasteiger partial charge in [-0.25, -0.2) is 0 Å². The quantitative estimate of drug-likeness (QED) is 0.543. The molecule has 0 radical (unpaired) electrons. The van der Waals surface area contributed by atoms with Crippen molar-refractivity contribution in [1.82, 2.24) is 10.2 Å². The molecule has 0 aromatic rings. The Hall–Kier alpha value is -0.120. The van der Waals surface area contributed by atoms with Gasteiger partial charge in [-0.2, -0.15) is 0 Å². The molecule has 1 heterocycles. The fourth-order valence-electron chi connectivity index (χ4n) is 2.44. The minimum Gasteiger partial charge on any atom is -0.380 e. The molecule has 0 amide bonds. The Morgan fingerprint density at radius 1 is 0.944 bits per heavy atom. The second kappa shape index (κ2) is 11.9. The molecule has 0 aliphatic carbocycles. The van der Waals surface area contributed by atoms with Crippen molar-refractivity contribution in [3.63, 3.8) is 0 Å². The SMILES string of the molecule is CCCCCCOCCNCCCN1CCCC1. The zero-order chi connectivity index (χ0) is 12.9. The minimum atomic E-state index is 0.871. The van der Waals surface area contributed by atoms with E-state index < -0.39 is 0 Å². The van der Waals surface area contributed by atoms with Gasteiger partial charge in [0.25, 0.3) is 0 Å².